The molecule has 1 aliphatic carbocycles. The van der Waals surface area contributed by atoms with E-state index < -0.39 is 11.8 Å². The molecule has 11 heteroatoms. The summed E-state index contributed by atoms with van der Waals surface area (Å²) in [6.07, 6.45) is 3.88. The summed E-state index contributed by atoms with van der Waals surface area (Å²) in [5.41, 5.74) is 2.73. The van der Waals surface area contributed by atoms with Gasteiger partial charge in [-0.1, -0.05) is 0 Å². The van der Waals surface area contributed by atoms with Crippen LogP contribution in [0.3, 0.4) is 0 Å². The average Bonchev–Trinajstić information content (AvgIpc) is 3.44. The second-order valence-electron chi connectivity index (χ2n) is 8.34. The molecule has 3 heterocycles. The van der Waals surface area contributed by atoms with E-state index in [4.69, 9.17) is 0 Å². The SMILES string of the molecule is CNc1ccc(C(=O)Nc2cc(NC3CC3)n3ncc(CC4=NC(C)(O)NC4=O)c3n2)cc1. The minimum Gasteiger partial charge on any atom is -0.388 e. The van der Waals surface area contributed by atoms with Gasteiger partial charge in [-0.2, -0.15) is 9.61 Å². The van der Waals surface area contributed by atoms with Crippen molar-refractivity contribution in [2.24, 2.45) is 4.99 Å². The third-order valence-corrected chi connectivity index (χ3v) is 5.47. The van der Waals surface area contributed by atoms with Gasteiger partial charge in [0, 0.05) is 49.3 Å². The highest BCUT2D eigenvalue weighted by atomic mass is 16.3. The van der Waals surface area contributed by atoms with E-state index in [0.29, 0.717) is 34.5 Å². The Hall–Kier alpha value is -3.99. The maximum absolute atomic E-state index is 12.8. The Bertz CT molecular complexity index is 1270. The fourth-order valence-electron chi connectivity index (χ4n) is 3.64. The zero-order valence-electron chi connectivity index (χ0n) is 18.2. The lowest BCUT2D eigenvalue weighted by Gasteiger charge is -2.11. The number of benzene rings is 1. The molecule has 0 bridgehead atoms. The first-order valence-electron chi connectivity index (χ1n) is 10.7. The van der Waals surface area contributed by atoms with Crippen LogP contribution in [-0.2, 0) is 11.2 Å². The zero-order valence-corrected chi connectivity index (χ0v) is 18.2. The Morgan fingerprint density at radius 3 is 2.70 bits per heavy atom. The summed E-state index contributed by atoms with van der Waals surface area (Å²) in [6.45, 7) is 1.40. The van der Waals surface area contributed by atoms with E-state index >= 15 is 0 Å². The summed E-state index contributed by atoms with van der Waals surface area (Å²) in [6, 6.07) is 9.20. The van der Waals surface area contributed by atoms with Gasteiger partial charge < -0.3 is 26.4 Å². The van der Waals surface area contributed by atoms with Crippen LogP contribution in [0.15, 0.2) is 41.5 Å². The lowest BCUT2D eigenvalue weighted by atomic mass is 10.1. The molecule has 170 valence electrons. The maximum Gasteiger partial charge on any atom is 0.269 e. The molecule has 5 rings (SSSR count). The Morgan fingerprint density at radius 2 is 2.06 bits per heavy atom. The molecular weight excluding hydrogens is 424 g/mol. The third kappa shape index (κ3) is 4.35. The molecule has 1 aliphatic heterocycles. The number of nitrogens with one attached hydrogen (secondary N) is 4. The molecule has 2 aliphatic rings. The standard InChI is InChI=1S/C22H24N8O3/c1-22(33)28-16(21(32)29-22)9-13-11-24-30-18(25-15-7-8-15)10-17(26-19(13)30)27-20(31)12-3-5-14(23-2)6-4-12/h3-6,10-11,15,23,25,33H,7-9H2,1-2H3,(H,29,32)(H,26,27,31). The van der Waals surface area contributed by atoms with E-state index in [0.717, 1.165) is 18.5 Å². The number of amides is 2. The van der Waals surface area contributed by atoms with Gasteiger partial charge >= 0.3 is 0 Å². The van der Waals surface area contributed by atoms with Crippen molar-refractivity contribution >= 4 is 40.5 Å². The van der Waals surface area contributed by atoms with Gasteiger partial charge in [0.05, 0.1) is 6.20 Å². The summed E-state index contributed by atoms with van der Waals surface area (Å²) in [5, 5.41) is 26.1. The second kappa shape index (κ2) is 7.85. The zero-order chi connectivity index (χ0) is 23.2. The van der Waals surface area contributed by atoms with Gasteiger partial charge in [0.25, 0.3) is 11.8 Å². The fourth-order valence-corrected chi connectivity index (χ4v) is 3.64. The normalized spacial score (nSPS) is 19.8. The molecule has 3 aromatic rings. The predicted molar refractivity (Wildman–Crippen MR) is 123 cm³/mol. The van der Waals surface area contributed by atoms with Gasteiger partial charge in [-0.05, 0) is 37.1 Å². The summed E-state index contributed by atoms with van der Waals surface area (Å²) in [5.74, 6) is -1.29. The number of carbonyl (C=O) groups excluding carboxylic acids is 2. The van der Waals surface area contributed by atoms with Crippen LogP contribution in [-0.4, -0.2) is 56.2 Å². The van der Waals surface area contributed by atoms with Crippen LogP contribution in [0.5, 0.6) is 0 Å². The number of carbonyl (C=O) groups is 2. The van der Waals surface area contributed by atoms with Gasteiger partial charge in [0.1, 0.15) is 17.3 Å². The first-order valence-corrected chi connectivity index (χ1v) is 10.7. The molecule has 0 saturated heterocycles. The van der Waals surface area contributed by atoms with Crippen LogP contribution in [0.2, 0.25) is 0 Å². The van der Waals surface area contributed by atoms with Crippen molar-refractivity contribution in [2.75, 3.05) is 23.0 Å². The Kier molecular flexibility index (Phi) is 4.97. The summed E-state index contributed by atoms with van der Waals surface area (Å²) < 4.78 is 1.65. The number of hydrogen-bond donors (Lipinski definition) is 5. The molecule has 1 aromatic carbocycles. The Morgan fingerprint density at radius 1 is 1.30 bits per heavy atom. The second-order valence-corrected chi connectivity index (χ2v) is 8.34. The minimum absolute atomic E-state index is 0.143. The minimum atomic E-state index is -1.62. The number of rotatable bonds is 7. The highest BCUT2D eigenvalue weighted by Crippen LogP contribution is 2.27. The van der Waals surface area contributed by atoms with Gasteiger partial charge in [-0.15, -0.1) is 0 Å². The number of aromatic nitrogens is 3. The van der Waals surface area contributed by atoms with Crippen LogP contribution >= 0.6 is 0 Å². The number of fused-ring (bicyclic) bond motifs is 1. The van der Waals surface area contributed by atoms with Crippen molar-refractivity contribution in [1.82, 2.24) is 19.9 Å². The molecule has 5 N–H and O–H groups in total. The number of nitrogens with zero attached hydrogens (tertiary/aromatic N) is 4. The highest BCUT2D eigenvalue weighted by Gasteiger charge is 2.33. The van der Waals surface area contributed by atoms with E-state index in [9.17, 15) is 14.7 Å². The van der Waals surface area contributed by atoms with Crippen molar-refractivity contribution in [3.8, 4) is 0 Å². The molecule has 33 heavy (non-hydrogen) atoms. The molecule has 1 unspecified atom stereocenters. The lowest BCUT2D eigenvalue weighted by molar-refractivity contribution is -0.118. The quantitative estimate of drug-likeness (QED) is 0.367. The summed E-state index contributed by atoms with van der Waals surface area (Å²) in [4.78, 5) is 33.6. The van der Waals surface area contributed by atoms with E-state index in [2.05, 4.69) is 36.3 Å². The third-order valence-electron chi connectivity index (χ3n) is 5.47. The van der Waals surface area contributed by atoms with E-state index in [1.54, 1.807) is 28.9 Å². The van der Waals surface area contributed by atoms with Crippen LogP contribution in [0.25, 0.3) is 5.65 Å². The fraction of sp³-hybridized carbons (Fsp3) is 0.318. The maximum atomic E-state index is 12.8. The molecular formula is C22H24N8O3. The molecule has 1 fully saturated rings. The van der Waals surface area contributed by atoms with E-state index in [-0.39, 0.29) is 18.0 Å². The van der Waals surface area contributed by atoms with Gasteiger partial charge in [0.15, 0.2) is 5.65 Å². The molecule has 11 nitrogen and oxygen atoms in total. The first kappa shape index (κ1) is 20.9. The van der Waals surface area contributed by atoms with Crippen molar-refractivity contribution in [1.29, 1.82) is 0 Å². The monoisotopic (exact) mass is 448 g/mol. The molecule has 1 atom stereocenters. The van der Waals surface area contributed by atoms with Crippen LogP contribution in [0.4, 0.5) is 17.3 Å². The van der Waals surface area contributed by atoms with E-state index in [1.807, 2.05) is 19.2 Å². The Labute approximate surface area is 189 Å². The number of anilines is 3. The average molecular weight is 448 g/mol. The van der Waals surface area contributed by atoms with E-state index in [1.165, 1.54) is 6.92 Å². The topological polar surface area (TPSA) is 145 Å². The molecule has 0 radical (unpaired) electrons. The first-order chi connectivity index (χ1) is 15.8. The van der Waals surface area contributed by atoms with Gasteiger partial charge in [0.2, 0.25) is 5.85 Å². The smallest absolute Gasteiger partial charge is 0.269 e. The van der Waals surface area contributed by atoms with Crippen molar-refractivity contribution in [3.05, 3.63) is 47.7 Å². The van der Waals surface area contributed by atoms with Crippen molar-refractivity contribution < 1.29 is 14.7 Å². The predicted octanol–water partition coefficient (Wildman–Crippen LogP) is 1.38. The number of aliphatic hydroxyl groups is 1. The number of aliphatic imine (C=N–C) groups is 1. The number of hydrogen-bond acceptors (Lipinski definition) is 8. The molecule has 2 amide bonds. The highest BCUT2D eigenvalue weighted by molar-refractivity contribution is 6.41. The summed E-state index contributed by atoms with van der Waals surface area (Å²) in [7, 11) is 1.81. The van der Waals surface area contributed by atoms with Crippen LogP contribution in [0, 0.1) is 0 Å². The van der Waals surface area contributed by atoms with Gasteiger partial charge in [-0.3, -0.25) is 9.59 Å². The Balaban J connectivity index is 1.47. The molecule has 0 spiro atoms. The largest absolute Gasteiger partial charge is 0.388 e. The molecule has 1 saturated carbocycles. The molecule has 2 aromatic heterocycles. The van der Waals surface area contributed by atoms with Gasteiger partial charge in [-0.25, -0.2) is 9.98 Å². The lowest BCUT2D eigenvalue weighted by Crippen LogP contribution is -2.39. The van der Waals surface area contributed by atoms with Crippen molar-refractivity contribution in [3.63, 3.8) is 0 Å². The van der Waals surface area contributed by atoms with Crippen molar-refractivity contribution in [2.45, 2.75) is 38.1 Å². The van der Waals surface area contributed by atoms with Crippen LogP contribution in [0.1, 0.15) is 35.7 Å². The summed E-state index contributed by atoms with van der Waals surface area (Å²) >= 11 is 0. The van der Waals surface area contributed by atoms with Crippen LogP contribution < -0.4 is 21.3 Å².